The van der Waals surface area contributed by atoms with Crippen LogP contribution >= 0.6 is 15.9 Å². The van der Waals surface area contributed by atoms with Crippen molar-refractivity contribution in [1.82, 2.24) is 0 Å². The van der Waals surface area contributed by atoms with Crippen LogP contribution in [-0.2, 0) is 6.42 Å². The molecule has 0 aliphatic rings. The number of carbonyl (C=O) groups is 1. The van der Waals surface area contributed by atoms with Crippen molar-refractivity contribution in [3.63, 3.8) is 0 Å². The first-order valence-electron chi connectivity index (χ1n) is 3.73. The third kappa shape index (κ3) is 2.35. The van der Waals surface area contributed by atoms with Crippen molar-refractivity contribution >= 4 is 22.2 Å². The highest BCUT2D eigenvalue weighted by Gasteiger charge is 2.06. The minimum Gasteiger partial charge on any atom is -0.396 e. The molecule has 0 bridgehead atoms. The molecular formula is C9H8BrFO2. The average molecular weight is 247 g/mol. The third-order valence-electron chi connectivity index (χ3n) is 1.67. The highest BCUT2D eigenvalue weighted by atomic mass is 79.9. The van der Waals surface area contributed by atoms with Gasteiger partial charge in [-0.3, -0.25) is 4.79 Å². The number of carbonyl (C=O) groups excluding carboxylic acids is 1. The maximum Gasteiger partial charge on any atom is 0.153 e. The van der Waals surface area contributed by atoms with Crippen LogP contribution in [0.3, 0.4) is 0 Å². The highest BCUT2D eigenvalue weighted by molar-refractivity contribution is 9.10. The Kier molecular flexibility index (Phi) is 3.57. The monoisotopic (exact) mass is 246 g/mol. The van der Waals surface area contributed by atoms with Crippen molar-refractivity contribution in [2.24, 2.45) is 0 Å². The summed E-state index contributed by atoms with van der Waals surface area (Å²) < 4.78 is 13.7. The molecule has 0 spiro atoms. The van der Waals surface area contributed by atoms with E-state index < -0.39 is 5.82 Å². The Balaban J connectivity index is 3.12. The van der Waals surface area contributed by atoms with Gasteiger partial charge in [0.1, 0.15) is 5.82 Å². The molecule has 0 heterocycles. The first-order chi connectivity index (χ1) is 6.19. The fourth-order valence-electron chi connectivity index (χ4n) is 1.01. The number of aliphatic hydroxyl groups is 1. The number of aldehydes is 1. The predicted molar refractivity (Wildman–Crippen MR) is 50.3 cm³/mol. The Labute approximate surface area is 83.5 Å². The van der Waals surface area contributed by atoms with Gasteiger partial charge in [0.15, 0.2) is 6.29 Å². The van der Waals surface area contributed by atoms with E-state index in [1.54, 1.807) is 0 Å². The van der Waals surface area contributed by atoms with Crippen molar-refractivity contribution in [3.8, 4) is 0 Å². The molecule has 0 saturated carbocycles. The second-order valence-corrected chi connectivity index (χ2v) is 3.41. The molecule has 0 aliphatic carbocycles. The van der Waals surface area contributed by atoms with Crippen LogP contribution in [0, 0.1) is 5.82 Å². The summed E-state index contributed by atoms with van der Waals surface area (Å²) in [4.78, 5) is 10.3. The zero-order valence-corrected chi connectivity index (χ0v) is 8.34. The Bertz CT molecular complexity index is 326. The molecule has 0 saturated heterocycles. The lowest BCUT2D eigenvalue weighted by Crippen LogP contribution is -1.96. The van der Waals surface area contributed by atoms with E-state index >= 15 is 0 Å². The van der Waals surface area contributed by atoms with Crippen LogP contribution in [0.2, 0.25) is 0 Å². The predicted octanol–water partition coefficient (Wildman–Crippen LogP) is 1.94. The molecule has 13 heavy (non-hydrogen) atoms. The van der Waals surface area contributed by atoms with E-state index in [1.165, 1.54) is 12.1 Å². The fraction of sp³-hybridized carbons (Fsp3) is 0.222. The molecule has 1 N–H and O–H groups in total. The average Bonchev–Trinajstić information content (AvgIpc) is 2.11. The molecule has 1 aromatic rings. The van der Waals surface area contributed by atoms with Gasteiger partial charge >= 0.3 is 0 Å². The van der Waals surface area contributed by atoms with E-state index in [4.69, 9.17) is 5.11 Å². The highest BCUT2D eigenvalue weighted by Crippen LogP contribution is 2.20. The van der Waals surface area contributed by atoms with Crippen LogP contribution in [0.15, 0.2) is 16.6 Å². The van der Waals surface area contributed by atoms with Crippen LogP contribution in [0.25, 0.3) is 0 Å². The lowest BCUT2D eigenvalue weighted by Gasteiger charge is -2.03. The molecular weight excluding hydrogens is 239 g/mol. The molecule has 2 nitrogen and oxygen atoms in total. The smallest absolute Gasteiger partial charge is 0.153 e. The first-order valence-corrected chi connectivity index (χ1v) is 4.52. The summed E-state index contributed by atoms with van der Waals surface area (Å²) in [5.74, 6) is -0.554. The summed E-state index contributed by atoms with van der Waals surface area (Å²) in [6.07, 6.45) is 0.833. The van der Waals surface area contributed by atoms with Crippen molar-refractivity contribution in [2.75, 3.05) is 6.61 Å². The molecule has 0 aliphatic heterocycles. The summed E-state index contributed by atoms with van der Waals surface area (Å²) in [5.41, 5.74) is 0.680. The topological polar surface area (TPSA) is 37.3 Å². The molecule has 1 aromatic carbocycles. The minimum absolute atomic E-state index is 0.0218. The third-order valence-corrected chi connectivity index (χ3v) is 2.41. The van der Waals surface area contributed by atoms with Crippen molar-refractivity contribution in [3.05, 3.63) is 33.5 Å². The maximum absolute atomic E-state index is 13.0. The Morgan fingerprint density at radius 2 is 2.23 bits per heavy atom. The normalized spacial score (nSPS) is 10.1. The van der Waals surface area contributed by atoms with Gasteiger partial charge in [0.2, 0.25) is 0 Å². The molecule has 0 fully saturated rings. The maximum atomic E-state index is 13.0. The van der Waals surface area contributed by atoms with Gasteiger partial charge in [-0.05, 0) is 24.1 Å². The lowest BCUT2D eigenvalue weighted by atomic mass is 10.1. The van der Waals surface area contributed by atoms with Crippen molar-refractivity contribution < 1.29 is 14.3 Å². The van der Waals surface area contributed by atoms with Gasteiger partial charge in [0.25, 0.3) is 0 Å². The summed E-state index contributed by atoms with van der Waals surface area (Å²) in [6.45, 7) is -0.0432. The summed E-state index contributed by atoms with van der Waals surface area (Å²) >= 11 is 3.19. The second-order valence-electron chi connectivity index (χ2n) is 2.56. The molecule has 0 aromatic heterocycles. The second kappa shape index (κ2) is 4.48. The number of aliphatic hydroxyl groups excluding tert-OH is 1. The number of halogens is 2. The molecule has 0 radical (unpaired) electrons. The van der Waals surface area contributed by atoms with Gasteiger partial charge in [-0.25, -0.2) is 4.39 Å². The van der Waals surface area contributed by atoms with Gasteiger partial charge in [0, 0.05) is 11.1 Å². The van der Waals surface area contributed by atoms with E-state index in [9.17, 15) is 9.18 Å². The summed E-state index contributed by atoms with van der Waals surface area (Å²) in [7, 11) is 0. The largest absolute Gasteiger partial charge is 0.396 e. The Morgan fingerprint density at radius 3 is 2.77 bits per heavy atom. The molecule has 0 amide bonds. The lowest BCUT2D eigenvalue weighted by molar-refractivity contribution is 0.111. The van der Waals surface area contributed by atoms with Gasteiger partial charge < -0.3 is 5.11 Å². The van der Waals surface area contributed by atoms with Crippen molar-refractivity contribution in [1.29, 1.82) is 0 Å². The van der Waals surface area contributed by atoms with Gasteiger partial charge in [-0.1, -0.05) is 15.9 Å². The molecule has 0 atom stereocenters. The van der Waals surface area contributed by atoms with Gasteiger partial charge in [-0.2, -0.15) is 0 Å². The van der Waals surface area contributed by atoms with Crippen LogP contribution in [-0.4, -0.2) is 18.0 Å². The first kappa shape index (κ1) is 10.3. The SMILES string of the molecule is O=Cc1cc(Br)c(CCO)cc1F. The van der Waals surface area contributed by atoms with Crippen molar-refractivity contribution in [2.45, 2.75) is 6.42 Å². The Morgan fingerprint density at radius 1 is 1.54 bits per heavy atom. The molecule has 70 valence electrons. The fourth-order valence-corrected chi connectivity index (χ4v) is 1.57. The van der Waals surface area contributed by atoms with E-state index in [1.807, 2.05) is 0 Å². The van der Waals surface area contributed by atoms with Gasteiger partial charge in [0.05, 0.1) is 5.56 Å². The van der Waals surface area contributed by atoms with Crippen LogP contribution in [0.1, 0.15) is 15.9 Å². The molecule has 4 heteroatoms. The van der Waals surface area contributed by atoms with Gasteiger partial charge in [-0.15, -0.1) is 0 Å². The number of hydrogen-bond donors (Lipinski definition) is 1. The zero-order valence-electron chi connectivity index (χ0n) is 6.76. The molecule has 0 unspecified atom stereocenters. The quantitative estimate of drug-likeness (QED) is 0.828. The minimum atomic E-state index is -0.554. The van der Waals surface area contributed by atoms with Crippen LogP contribution in [0.4, 0.5) is 4.39 Å². The summed E-state index contributed by atoms with van der Waals surface area (Å²) in [5, 5.41) is 8.65. The number of hydrogen-bond acceptors (Lipinski definition) is 2. The standard InChI is InChI=1S/C9H8BrFO2/c10-8-3-7(5-13)9(11)4-6(8)1-2-12/h3-5,12H,1-2H2. The van der Waals surface area contributed by atoms with E-state index in [0.717, 1.165) is 0 Å². The molecule has 1 rings (SSSR count). The Hall–Kier alpha value is -0.740. The number of rotatable bonds is 3. The zero-order chi connectivity index (χ0) is 9.84. The van der Waals surface area contributed by atoms with E-state index in [2.05, 4.69) is 15.9 Å². The van der Waals surface area contributed by atoms with E-state index in [-0.39, 0.29) is 12.2 Å². The van der Waals surface area contributed by atoms with Crippen LogP contribution in [0.5, 0.6) is 0 Å². The summed E-state index contributed by atoms with van der Waals surface area (Å²) in [6, 6.07) is 2.66. The number of benzene rings is 1. The van der Waals surface area contributed by atoms with E-state index in [0.29, 0.717) is 22.7 Å². The van der Waals surface area contributed by atoms with Crippen LogP contribution < -0.4 is 0 Å².